The zero-order valence-corrected chi connectivity index (χ0v) is 15.5. The fourth-order valence-electron chi connectivity index (χ4n) is 3.80. The summed E-state index contributed by atoms with van der Waals surface area (Å²) < 4.78 is 0. The molecule has 2 aromatic rings. The maximum Gasteiger partial charge on any atom is 0.222 e. The van der Waals surface area contributed by atoms with E-state index in [0.29, 0.717) is 12.3 Å². The Kier molecular flexibility index (Phi) is 5.51. The predicted octanol–water partition coefficient (Wildman–Crippen LogP) is 3.14. The van der Waals surface area contributed by atoms with Crippen LogP contribution in [0, 0.1) is 26.7 Å². The maximum absolute atomic E-state index is 12.6. The molecule has 1 saturated heterocycles. The molecule has 5 heteroatoms. The quantitative estimate of drug-likeness (QED) is 0.909. The van der Waals surface area contributed by atoms with Gasteiger partial charge in [0.1, 0.15) is 0 Å². The minimum absolute atomic E-state index is 0.266. The summed E-state index contributed by atoms with van der Waals surface area (Å²) in [6, 6.07) is 6.19. The average Bonchev–Trinajstić information content (AvgIpc) is 2.91. The Hall–Kier alpha value is -2.17. The van der Waals surface area contributed by atoms with E-state index in [1.165, 1.54) is 12.0 Å². The lowest BCUT2D eigenvalue weighted by atomic mass is 9.92. The van der Waals surface area contributed by atoms with Gasteiger partial charge in [-0.3, -0.25) is 14.9 Å². The number of hydrogen-bond acceptors (Lipinski definition) is 3. The second-order valence-electron chi connectivity index (χ2n) is 7.24. The topological polar surface area (TPSA) is 61.9 Å². The number of aromatic nitrogens is 3. The first-order valence-corrected chi connectivity index (χ1v) is 9.23. The highest BCUT2D eigenvalue weighted by Gasteiger charge is 2.24. The number of aromatic amines is 1. The number of carbonyl (C=O) groups excluding carboxylic acids is 1. The fourth-order valence-corrected chi connectivity index (χ4v) is 3.80. The first-order chi connectivity index (χ1) is 12.0. The number of nitrogens with zero attached hydrogens (tertiary/aromatic N) is 3. The Bertz CT molecular complexity index is 718. The summed E-state index contributed by atoms with van der Waals surface area (Å²) in [5, 5.41) is 7.21. The summed E-state index contributed by atoms with van der Waals surface area (Å²) in [4.78, 5) is 19.3. The van der Waals surface area contributed by atoms with Crippen LogP contribution in [0.3, 0.4) is 0 Å². The van der Waals surface area contributed by atoms with Crippen molar-refractivity contribution in [2.45, 2.75) is 52.9 Å². The number of nitrogens with one attached hydrogen (secondary N) is 1. The van der Waals surface area contributed by atoms with Crippen LogP contribution in [-0.4, -0.2) is 39.1 Å². The number of rotatable bonds is 5. The normalized spacial score (nSPS) is 17.7. The Labute approximate surface area is 149 Å². The number of piperidine rings is 1. The fraction of sp³-hybridized carbons (Fsp3) is 0.550. The molecular weight excluding hydrogens is 312 g/mol. The number of hydrogen-bond donors (Lipinski definition) is 1. The molecule has 25 heavy (non-hydrogen) atoms. The Morgan fingerprint density at radius 2 is 2.16 bits per heavy atom. The molecule has 1 fully saturated rings. The van der Waals surface area contributed by atoms with Crippen LogP contribution in [0.4, 0.5) is 0 Å². The molecule has 0 bridgehead atoms. The standard InChI is InChI=1S/C20H28N4O/c1-14-6-4-8-18(21-14)12-17-7-5-11-24(13-17)20(25)10-9-19-15(2)22-23-16(19)3/h4,6,8,17H,5,7,9-13H2,1-3H3,(H,22,23)/t17-/m0/s1. The van der Waals surface area contributed by atoms with Crippen molar-refractivity contribution >= 4 is 5.91 Å². The first-order valence-electron chi connectivity index (χ1n) is 9.23. The summed E-state index contributed by atoms with van der Waals surface area (Å²) in [5.74, 6) is 0.784. The van der Waals surface area contributed by atoms with E-state index < -0.39 is 0 Å². The monoisotopic (exact) mass is 340 g/mol. The lowest BCUT2D eigenvalue weighted by Gasteiger charge is -2.33. The Balaban J connectivity index is 1.54. The van der Waals surface area contributed by atoms with Crippen LogP contribution >= 0.6 is 0 Å². The van der Waals surface area contributed by atoms with E-state index in [0.717, 1.165) is 55.1 Å². The number of pyridine rings is 1. The minimum Gasteiger partial charge on any atom is -0.342 e. The molecule has 0 spiro atoms. The molecule has 0 aromatic carbocycles. The minimum atomic E-state index is 0.266. The van der Waals surface area contributed by atoms with Crippen molar-refractivity contribution in [1.82, 2.24) is 20.1 Å². The third kappa shape index (κ3) is 4.47. The van der Waals surface area contributed by atoms with E-state index in [1.54, 1.807) is 0 Å². The van der Waals surface area contributed by atoms with Gasteiger partial charge >= 0.3 is 0 Å². The molecule has 134 valence electrons. The van der Waals surface area contributed by atoms with Crippen molar-refractivity contribution in [2.24, 2.45) is 5.92 Å². The largest absolute Gasteiger partial charge is 0.342 e. The molecule has 1 amide bonds. The van der Waals surface area contributed by atoms with Crippen molar-refractivity contribution in [3.63, 3.8) is 0 Å². The smallest absolute Gasteiger partial charge is 0.222 e. The molecule has 2 aromatic heterocycles. The zero-order valence-electron chi connectivity index (χ0n) is 15.5. The molecule has 3 heterocycles. The number of aryl methyl sites for hydroxylation is 3. The molecule has 0 radical (unpaired) electrons. The van der Waals surface area contributed by atoms with Gasteiger partial charge in [-0.1, -0.05) is 6.07 Å². The van der Waals surface area contributed by atoms with Crippen LogP contribution in [0.5, 0.6) is 0 Å². The second-order valence-corrected chi connectivity index (χ2v) is 7.24. The van der Waals surface area contributed by atoms with Gasteiger partial charge in [-0.15, -0.1) is 0 Å². The molecule has 1 aliphatic heterocycles. The van der Waals surface area contributed by atoms with Gasteiger partial charge in [0.2, 0.25) is 5.91 Å². The van der Waals surface area contributed by atoms with Gasteiger partial charge in [-0.05, 0) is 70.1 Å². The molecule has 1 aliphatic rings. The molecule has 5 nitrogen and oxygen atoms in total. The third-order valence-corrected chi connectivity index (χ3v) is 5.19. The highest BCUT2D eigenvalue weighted by molar-refractivity contribution is 5.76. The summed E-state index contributed by atoms with van der Waals surface area (Å²) in [6.07, 6.45) is 4.57. The Morgan fingerprint density at radius 1 is 1.32 bits per heavy atom. The van der Waals surface area contributed by atoms with Crippen molar-refractivity contribution in [3.05, 3.63) is 46.5 Å². The third-order valence-electron chi connectivity index (χ3n) is 5.19. The van der Waals surface area contributed by atoms with Crippen LogP contribution in [0.25, 0.3) is 0 Å². The van der Waals surface area contributed by atoms with Gasteiger partial charge in [0.15, 0.2) is 0 Å². The van der Waals surface area contributed by atoms with Crippen molar-refractivity contribution in [3.8, 4) is 0 Å². The van der Waals surface area contributed by atoms with Crippen LogP contribution in [-0.2, 0) is 17.6 Å². The number of amides is 1. The van der Waals surface area contributed by atoms with Crippen LogP contribution < -0.4 is 0 Å². The second kappa shape index (κ2) is 7.81. The van der Waals surface area contributed by atoms with Gasteiger partial charge in [0.05, 0.1) is 5.69 Å². The van der Waals surface area contributed by atoms with E-state index in [9.17, 15) is 4.79 Å². The lowest BCUT2D eigenvalue weighted by Crippen LogP contribution is -2.40. The molecule has 0 aliphatic carbocycles. The first kappa shape index (κ1) is 17.6. The summed E-state index contributed by atoms with van der Waals surface area (Å²) in [5.41, 5.74) is 5.47. The molecule has 3 rings (SSSR count). The molecule has 1 N–H and O–H groups in total. The van der Waals surface area contributed by atoms with Crippen molar-refractivity contribution in [2.75, 3.05) is 13.1 Å². The van der Waals surface area contributed by atoms with Gasteiger partial charge in [-0.2, -0.15) is 5.10 Å². The number of likely N-dealkylation sites (tertiary alicyclic amines) is 1. The van der Waals surface area contributed by atoms with Crippen molar-refractivity contribution in [1.29, 1.82) is 0 Å². The van der Waals surface area contributed by atoms with Crippen LogP contribution in [0.1, 0.15) is 47.6 Å². The summed E-state index contributed by atoms with van der Waals surface area (Å²) >= 11 is 0. The summed E-state index contributed by atoms with van der Waals surface area (Å²) in [6.45, 7) is 7.79. The predicted molar refractivity (Wildman–Crippen MR) is 98.4 cm³/mol. The van der Waals surface area contributed by atoms with E-state index in [4.69, 9.17) is 0 Å². The van der Waals surface area contributed by atoms with Gasteiger partial charge in [0, 0.05) is 36.6 Å². The summed E-state index contributed by atoms with van der Waals surface area (Å²) in [7, 11) is 0. The van der Waals surface area contributed by atoms with E-state index in [1.807, 2.05) is 26.8 Å². The van der Waals surface area contributed by atoms with Gasteiger partial charge in [-0.25, -0.2) is 0 Å². The maximum atomic E-state index is 12.6. The highest BCUT2D eigenvalue weighted by Crippen LogP contribution is 2.21. The zero-order chi connectivity index (χ0) is 17.8. The van der Waals surface area contributed by atoms with E-state index >= 15 is 0 Å². The van der Waals surface area contributed by atoms with E-state index in [-0.39, 0.29) is 5.91 Å². The molecule has 0 unspecified atom stereocenters. The lowest BCUT2D eigenvalue weighted by molar-refractivity contribution is -0.133. The van der Waals surface area contributed by atoms with Crippen molar-refractivity contribution < 1.29 is 4.79 Å². The van der Waals surface area contributed by atoms with Crippen LogP contribution in [0.2, 0.25) is 0 Å². The van der Waals surface area contributed by atoms with Gasteiger partial charge < -0.3 is 4.90 Å². The Morgan fingerprint density at radius 3 is 2.88 bits per heavy atom. The number of carbonyl (C=O) groups is 1. The van der Waals surface area contributed by atoms with E-state index in [2.05, 4.69) is 32.2 Å². The number of H-pyrrole nitrogens is 1. The average molecular weight is 340 g/mol. The molecule has 0 saturated carbocycles. The molecular formula is C20H28N4O. The van der Waals surface area contributed by atoms with Crippen LogP contribution in [0.15, 0.2) is 18.2 Å². The van der Waals surface area contributed by atoms with Gasteiger partial charge in [0.25, 0.3) is 0 Å². The SMILES string of the molecule is Cc1cccc(C[C@@H]2CCCN(C(=O)CCc3c(C)n[nH]c3C)C2)n1. The molecule has 1 atom stereocenters. The highest BCUT2D eigenvalue weighted by atomic mass is 16.2.